The van der Waals surface area contributed by atoms with Gasteiger partial charge in [0.1, 0.15) is 0 Å². The third kappa shape index (κ3) is 6.09. The molecule has 0 spiro atoms. The molecule has 0 fully saturated rings. The van der Waals surface area contributed by atoms with Crippen molar-refractivity contribution >= 4 is 0 Å². The van der Waals surface area contributed by atoms with Crippen LogP contribution in [0.1, 0.15) is 64.2 Å². The topological polar surface area (TPSA) is 12.0 Å². The molecule has 0 bridgehead atoms. The van der Waals surface area contributed by atoms with E-state index in [1.807, 2.05) is 0 Å². The van der Waals surface area contributed by atoms with Crippen molar-refractivity contribution in [3.63, 3.8) is 0 Å². The summed E-state index contributed by atoms with van der Waals surface area (Å²) >= 11 is 0. The Bertz CT molecular complexity index is 408. The van der Waals surface area contributed by atoms with Gasteiger partial charge in [0.05, 0.1) is 0 Å². The summed E-state index contributed by atoms with van der Waals surface area (Å²) in [5, 5.41) is 3.70. The fourth-order valence-corrected chi connectivity index (χ4v) is 2.99. The molecule has 0 saturated heterocycles. The minimum atomic E-state index is 0.192. The van der Waals surface area contributed by atoms with Crippen molar-refractivity contribution in [1.29, 1.82) is 0 Å². The van der Waals surface area contributed by atoms with E-state index in [0.29, 0.717) is 5.41 Å². The van der Waals surface area contributed by atoms with Gasteiger partial charge in [0, 0.05) is 12.1 Å². The molecule has 1 unspecified atom stereocenters. The Hall–Kier alpha value is -0.820. The van der Waals surface area contributed by atoms with Crippen LogP contribution in [0.2, 0.25) is 0 Å². The normalized spacial score (nSPS) is 15.2. The SMILES string of the molecule is CCCC(C)(CNC(C)(C)C)Cc1cc(C)cc(C)c1. The van der Waals surface area contributed by atoms with Crippen molar-refractivity contribution in [1.82, 2.24) is 5.32 Å². The quantitative estimate of drug-likeness (QED) is 0.767. The van der Waals surface area contributed by atoms with Crippen LogP contribution in [0.25, 0.3) is 0 Å². The average Bonchev–Trinajstić information content (AvgIpc) is 2.24. The molecule has 1 rings (SSSR count). The maximum absolute atomic E-state index is 3.70. The molecule has 114 valence electrons. The van der Waals surface area contributed by atoms with Gasteiger partial charge in [-0.3, -0.25) is 0 Å². The zero-order valence-corrected chi connectivity index (χ0v) is 14.6. The highest BCUT2D eigenvalue weighted by molar-refractivity contribution is 5.29. The van der Waals surface area contributed by atoms with Gasteiger partial charge in [-0.15, -0.1) is 0 Å². The lowest BCUT2D eigenvalue weighted by Gasteiger charge is -2.34. The smallest absolute Gasteiger partial charge is 0.00967 e. The standard InChI is InChI=1S/C19H33N/c1-8-9-19(7,14-20-18(4,5)6)13-17-11-15(2)10-16(3)12-17/h10-12,20H,8-9,13-14H2,1-7H3. The Morgan fingerprint density at radius 3 is 1.95 bits per heavy atom. The molecule has 0 radical (unpaired) electrons. The molecule has 1 heteroatoms. The minimum Gasteiger partial charge on any atom is -0.312 e. The first-order valence-corrected chi connectivity index (χ1v) is 7.96. The summed E-state index contributed by atoms with van der Waals surface area (Å²) in [5.41, 5.74) is 4.76. The molecule has 1 atom stereocenters. The summed E-state index contributed by atoms with van der Waals surface area (Å²) in [6.45, 7) is 16.9. The Balaban J connectivity index is 2.84. The predicted octanol–water partition coefficient (Wildman–Crippen LogP) is 5.04. The van der Waals surface area contributed by atoms with E-state index >= 15 is 0 Å². The molecule has 1 nitrogen and oxygen atoms in total. The maximum Gasteiger partial charge on any atom is 0.00967 e. The largest absolute Gasteiger partial charge is 0.312 e. The Morgan fingerprint density at radius 2 is 1.50 bits per heavy atom. The van der Waals surface area contributed by atoms with E-state index in [4.69, 9.17) is 0 Å². The van der Waals surface area contributed by atoms with E-state index in [-0.39, 0.29) is 5.54 Å². The summed E-state index contributed by atoms with van der Waals surface area (Å²) < 4.78 is 0. The molecule has 0 amide bonds. The number of aryl methyl sites for hydroxylation is 2. The van der Waals surface area contributed by atoms with Crippen molar-refractivity contribution in [2.24, 2.45) is 5.41 Å². The summed E-state index contributed by atoms with van der Waals surface area (Å²) in [6.07, 6.45) is 3.67. The van der Waals surface area contributed by atoms with E-state index in [1.165, 1.54) is 29.5 Å². The van der Waals surface area contributed by atoms with E-state index in [9.17, 15) is 0 Å². The van der Waals surface area contributed by atoms with Crippen LogP contribution >= 0.6 is 0 Å². The summed E-state index contributed by atoms with van der Waals surface area (Å²) in [6, 6.07) is 6.95. The highest BCUT2D eigenvalue weighted by Gasteiger charge is 2.25. The molecule has 0 aliphatic heterocycles. The Labute approximate surface area is 126 Å². The molecular weight excluding hydrogens is 242 g/mol. The van der Waals surface area contributed by atoms with Crippen LogP contribution in [0.4, 0.5) is 0 Å². The zero-order valence-electron chi connectivity index (χ0n) is 14.6. The molecule has 0 saturated carbocycles. The van der Waals surface area contributed by atoms with Gasteiger partial charge in [-0.25, -0.2) is 0 Å². The number of rotatable bonds is 6. The van der Waals surface area contributed by atoms with Gasteiger partial charge in [0.2, 0.25) is 0 Å². The molecule has 1 aromatic rings. The van der Waals surface area contributed by atoms with E-state index in [1.54, 1.807) is 0 Å². The first kappa shape index (κ1) is 17.2. The minimum absolute atomic E-state index is 0.192. The molecule has 0 aliphatic rings. The van der Waals surface area contributed by atoms with E-state index in [2.05, 4.69) is 72.0 Å². The van der Waals surface area contributed by atoms with Gasteiger partial charge >= 0.3 is 0 Å². The summed E-state index contributed by atoms with van der Waals surface area (Å²) in [5.74, 6) is 0. The van der Waals surface area contributed by atoms with Crippen LogP contribution in [0.15, 0.2) is 18.2 Å². The van der Waals surface area contributed by atoms with Crippen LogP contribution < -0.4 is 5.32 Å². The van der Waals surface area contributed by atoms with Gasteiger partial charge in [-0.1, -0.05) is 49.6 Å². The van der Waals surface area contributed by atoms with Crippen molar-refractivity contribution in [2.45, 2.75) is 73.3 Å². The Morgan fingerprint density at radius 1 is 0.950 bits per heavy atom. The lowest BCUT2D eigenvalue weighted by atomic mass is 9.78. The molecule has 0 aliphatic carbocycles. The van der Waals surface area contributed by atoms with Crippen molar-refractivity contribution < 1.29 is 0 Å². The lowest BCUT2D eigenvalue weighted by molar-refractivity contribution is 0.243. The molecular formula is C19H33N. The van der Waals surface area contributed by atoms with Crippen LogP contribution in [0.3, 0.4) is 0 Å². The first-order valence-electron chi connectivity index (χ1n) is 7.96. The van der Waals surface area contributed by atoms with Crippen LogP contribution in [0.5, 0.6) is 0 Å². The van der Waals surface area contributed by atoms with Gasteiger partial charge in [0.25, 0.3) is 0 Å². The number of benzene rings is 1. The summed E-state index contributed by atoms with van der Waals surface area (Å²) in [7, 11) is 0. The van der Waals surface area contributed by atoms with Crippen LogP contribution in [-0.2, 0) is 6.42 Å². The molecule has 0 aromatic heterocycles. The lowest BCUT2D eigenvalue weighted by Crippen LogP contribution is -2.43. The number of nitrogens with one attached hydrogen (secondary N) is 1. The van der Waals surface area contributed by atoms with Crippen LogP contribution in [0, 0.1) is 19.3 Å². The van der Waals surface area contributed by atoms with E-state index < -0.39 is 0 Å². The molecule has 1 N–H and O–H groups in total. The molecule has 0 heterocycles. The van der Waals surface area contributed by atoms with Crippen molar-refractivity contribution in [3.8, 4) is 0 Å². The van der Waals surface area contributed by atoms with Gasteiger partial charge < -0.3 is 5.32 Å². The third-order valence-electron chi connectivity index (χ3n) is 3.81. The summed E-state index contributed by atoms with van der Waals surface area (Å²) in [4.78, 5) is 0. The van der Waals surface area contributed by atoms with Crippen molar-refractivity contribution in [2.75, 3.05) is 6.54 Å². The highest BCUT2D eigenvalue weighted by Crippen LogP contribution is 2.29. The number of hydrogen-bond donors (Lipinski definition) is 1. The maximum atomic E-state index is 3.70. The fraction of sp³-hybridized carbons (Fsp3) is 0.684. The zero-order chi connectivity index (χ0) is 15.4. The third-order valence-corrected chi connectivity index (χ3v) is 3.81. The average molecular weight is 275 g/mol. The second-order valence-corrected chi connectivity index (χ2v) is 7.84. The highest BCUT2D eigenvalue weighted by atomic mass is 15.0. The second kappa shape index (κ2) is 6.76. The van der Waals surface area contributed by atoms with E-state index in [0.717, 1.165) is 13.0 Å². The van der Waals surface area contributed by atoms with Crippen LogP contribution in [-0.4, -0.2) is 12.1 Å². The Kier molecular flexibility index (Phi) is 5.82. The monoisotopic (exact) mass is 275 g/mol. The number of hydrogen-bond acceptors (Lipinski definition) is 1. The predicted molar refractivity (Wildman–Crippen MR) is 90.4 cm³/mol. The fourth-order valence-electron chi connectivity index (χ4n) is 2.99. The first-order chi connectivity index (χ1) is 9.13. The molecule has 1 aromatic carbocycles. The van der Waals surface area contributed by atoms with Gasteiger partial charge in [-0.05, 0) is 58.4 Å². The van der Waals surface area contributed by atoms with Crippen molar-refractivity contribution in [3.05, 3.63) is 34.9 Å². The van der Waals surface area contributed by atoms with Gasteiger partial charge in [-0.2, -0.15) is 0 Å². The second-order valence-electron chi connectivity index (χ2n) is 7.84. The molecule has 20 heavy (non-hydrogen) atoms. The van der Waals surface area contributed by atoms with Gasteiger partial charge in [0.15, 0.2) is 0 Å².